The molecule has 0 bridgehead atoms. The molecular formula is C24H32ClN3O7. The Labute approximate surface area is 208 Å². The number of benzene rings is 1. The van der Waals surface area contributed by atoms with Crippen molar-refractivity contribution in [2.24, 2.45) is 23.2 Å². The molecule has 2 fully saturated rings. The minimum Gasteiger partial charge on any atom is -0.481 e. The van der Waals surface area contributed by atoms with E-state index < -0.39 is 64.4 Å². The molecule has 3 amide bonds. The summed E-state index contributed by atoms with van der Waals surface area (Å²) in [4.78, 5) is 50.7. The van der Waals surface area contributed by atoms with Gasteiger partial charge in [0.1, 0.15) is 5.60 Å². The molecule has 3 rings (SSSR count). The number of carboxylic acids is 2. The van der Waals surface area contributed by atoms with Crippen molar-refractivity contribution >= 4 is 41.4 Å². The summed E-state index contributed by atoms with van der Waals surface area (Å²) in [5.74, 6) is -5.19. The van der Waals surface area contributed by atoms with Gasteiger partial charge in [0.15, 0.2) is 5.54 Å². The molecule has 0 radical (unpaired) electrons. The van der Waals surface area contributed by atoms with Crippen LogP contribution >= 0.6 is 11.6 Å². The number of fused-ring (bicyclic) bond motifs is 1. The number of carbonyl (C=O) groups excluding carboxylic acids is 2. The molecule has 10 nitrogen and oxygen atoms in total. The van der Waals surface area contributed by atoms with Gasteiger partial charge < -0.3 is 30.9 Å². The molecule has 2 saturated carbocycles. The number of carboxylic acid groups (broad SMARTS) is 2. The molecule has 192 valence electrons. The minimum absolute atomic E-state index is 0.261. The Morgan fingerprint density at radius 3 is 2.09 bits per heavy atom. The summed E-state index contributed by atoms with van der Waals surface area (Å²) in [7, 11) is 0. The highest BCUT2D eigenvalue weighted by Crippen LogP contribution is 2.71. The summed E-state index contributed by atoms with van der Waals surface area (Å²) < 4.78 is 5.35. The van der Waals surface area contributed by atoms with E-state index in [0.717, 1.165) is 0 Å². The number of rotatable bonds is 7. The van der Waals surface area contributed by atoms with Gasteiger partial charge in [-0.05, 0) is 63.8 Å². The smallest absolute Gasteiger partial charge is 0.408 e. The van der Waals surface area contributed by atoms with Crippen LogP contribution < -0.4 is 16.0 Å². The number of hydrogen-bond acceptors (Lipinski definition) is 5. The van der Waals surface area contributed by atoms with E-state index in [4.69, 9.17) is 16.3 Å². The first-order valence-corrected chi connectivity index (χ1v) is 11.9. The van der Waals surface area contributed by atoms with Crippen LogP contribution in [0.25, 0.3) is 0 Å². The fourth-order valence-electron chi connectivity index (χ4n) is 5.98. The second-order valence-electron chi connectivity index (χ2n) is 10.2. The molecule has 5 N–H and O–H groups in total. The predicted octanol–water partition coefficient (Wildman–Crippen LogP) is 3.95. The Morgan fingerprint density at radius 1 is 1.06 bits per heavy atom. The Hall–Kier alpha value is -3.01. The largest absolute Gasteiger partial charge is 0.481 e. The van der Waals surface area contributed by atoms with Crippen molar-refractivity contribution in [1.29, 1.82) is 0 Å². The zero-order valence-electron chi connectivity index (χ0n) is 20.3. The second kappa shape index (κ2) is 9.22. The fourth-order valence-corrected chi connectivity index (χ4v) is 6.10. The summed E-state index contributed by atoms with van der Waals surface area (Å²) >= 11 is 5.89. The van der Waals surface area contributed by atoms with Gasteiger partial charge in [0, 0.05) is 28.1 Å². The standard InChI is InChI=1S/C24H32ClN3O7/c1-6-23(7-2)17(27-20(33)26-13-10-8-12(25)9-11-13)14-15(18(29)30)16(14)24(23,19(31)32)28-21(34)35-22(3,4)5/h8-11,14-17H,6-7H2,1-5H3,(H,28,34)(H,29,30)(H,31,32)(H2,26,27,33). The number of urea groups is 1. The molecule has 0 heterocycles. The van der Waals surface area contributed by atoms with Gasteiger partial charge in [0.25, 0.3) is 0 Å². The van der Waals surface area contributed by atoms with E-state index in [-0.39, 0.29) is 12.8 Å². The zero-order chi connectivity index (χ0) is 26.3. The quantitative estimate of drug-likeness (QED) is 0.373. The van der Waals surface area contributed by atoms with E-state index in [0.29, 0.717) is 10.7 Å². The molecule has 11 heteroatoms. The van der Waals surface area contributed by atoms with Gasteiger partial charge in [-0.3, -0.25) is 4.79 Å². The molecule has 35 heavy (non-hydrogen) atoms. The Kier molecular flexibility index (Phi) is 7.00. The Bertz CT molecular complexity index is 1020. The van der Waals surface area contributed by atoms with Crippen LogP contribution in [0.4, 0.5) is 15.3 Å². The maximum absolute atomic E-state index is 12.9. The number of amides is 3. The van der Waals surface area contributed by atoms with Crippen LogP contribution in [0.5, 0.6) is 0 Å². The maximum Gasteiger partial charge on any atom is 0.408 e. The third-order valence-electron chi connectivity index (χ3n) is 7.31. The monoisotopic (exact) mass is 509 g/mol. The summed E-state index contributed by atoms with van der Waals surface area (Å²) in [6, 6.07) is 4.97. The first kappa shape index (κ1) is 26.6. The summed E-state index contributed by atoms with van der Waals surface area (Å²) in [5.41, 5.74) is -3.56. The van der Waals surface area contributed by atoms with Gasteiger partial charge in [-0.1, -0.05) is 25.4 Å². The molecule has 0 aromatic heterocycles. The number of hydrogen-bond donors (Lipinski definition) is 5. The molecule has 5 unspecified atom stereocenters. The molecule has 0 saturated heterocycles. The number of nitrogens with one attached hydrogen (secondary N) is 3. The predicted molar refractivity (Wildman–Crippen MR) is 128 cm³/mol. The van der Waals surface area contributed by atoms with E-state index in [1.165, 1.54) is 0 Å². The van der Waals surface area contributed by atoms with E-state index in [1.807, 2.05) is 0 Å². The van der Waals surface area contributed by atoms with Crippen molar-refractivity contribution in [1.82, 2.24) is 10.6 Å². The van der Waals surface area contributed by atoms with Gasteiger partial charge in [-0.25, -0.2) is 14.4 Å². The molecule has 5 atom stereocenters. The highest BCUT2D eigenvalue weighted by atomic mass is 35.5. The molecule has 1 aromatic carbocycles. The lowest BCUT2D eigenvalue weighted by molar-refractivity contribution is -0.155. The van der Waals surface area contributed by atoms with Crippen LogP contribution in [0, 0.1) is 23.2 Å². The van der Waals surface area contributed by atoms with Crippen molar-refractivity contribution in [3.63, 3.8) is 0 Å². The zero-order valence-corrected chi connectivity index (χ0v) is 21.1. The van der Waals surface area contributed by atoms with Crippen molar-refractivity contribution in [3.8, 4) is 0 Å². The molecule has 2 aliphatic rings. The third kappa shape index (κ3) is 4.51. The normalized spacial score (nSPS) is 28.4. The SMILES string of the molecule is CCC1(CC)C(NC(=O)Nc2ccc(Cl)cc2)C2C(C(=O)O)C2C1(NC(=O)OC(C)(C)C)C(=O)O. The highest BCUT2D eigenvalue weighted by molar-refractivity contribution is 6.30. The van der Waals surface area contributed by atoms with Crippen LogP contribution in [0.1, 0.15) is 47.5 Å². The lowest BCUT2D eigenvalue weighted by atomic mass is 9.62. The molecule has 0 spiro atoms. The number of anilines is 1. The van der Waals surface area contributed by atoms with Crippen LogP contribution in [0.3, 0.4) is 0 Å². The van der Waals surface area contributed by atoms with Gasteiger partial charge in [-0.2, -0.15) is 0 Å². The van der Waals surface area contributed by atoms with Gasteiger partial charge in [-0.15, -0.1) is 0 Å². The van der Waals surface area contributed by atoms with Crippen LogP contribution in [-0.2, 0) is 14.3 Å². The number of ether oxygens (including phenoxy) is 1. The molecule has 0 aliphatic heterocycles. The number of carbonyl (C=O) groups is 4. The molecular weight excluding hydrogens is 478 g/mol. The first-order chi connectivity index (χ1) is 16.2. The van der Waals surface area contributed by atoms with Crippen LogP contribution in [0.15, 0.2) is 24.3 Å². The lowest BCUT2D eigenvalue weighted by Gasteiger charge is -2.48. The highest BCUT2D eigenvalue weighted by Gasteiger charge is 2.84. The molecule has 2 aliphatic carbocycles. The van der Waals surface area contributed by atoms with Crippen LogP contribution in [0.2, 0.25) is 5.02 Å². The lowest BCUT2D eigenvalue weighted by Crippen LogP contribution is -2.69. The Morgan fingerprint density at radius 2 is 1.63 bits per heavy atom. The van der Waals surface area contributed by atoms with E-state index in [2.05, 4.69) is 16.0 Å². The second-order valence-corrected chi connectivity index (χ2v) is 10.6. The Balaban J connectivity index is 2.01. The number of halogens is 1. The number of aliphatic carboxylic acids is 2. The van der Waals surface area contributed by atoms with E-state index >= 15 is 0 Å². The maximum atomic E-state index is 12.9. The van der Waals surface area contributed by atoms with Crippen LogP contribution in [-0.4, -0.2) is 51.5 Å². The van der Waals surface area contributed by atoms with E-state index in [1.54, 1.807) is 58.9 Å². The summed E-state index contributed by atoms with van der Waals surface area (Å²) in [6.45, 7) is 8.47. The molecule has 1 aromatic rings. The summed E-state index contributed by atoms with van der Waals surface area (Å²) in [5, 5.41) is 28.9. The van der Waals surface area contributed by atoms with Crippen molar-refractivity contribution in [2.45, 2.75) is 64.6 Å². The first-order valence-electron chi connectivity index (χ1n) is 11.5. The number of alkyl carbamates (subject to hydrolysis) is 1. The fraction of sp³-hybridized carbons (Fsp3) is 0.583. The van der Waals surface area contributed by atoms with Crippen molar-refractivity contribution in [3.05, 3.63) is 29.3 Å². The van der Waals surface area contributed by atoms with Crippen molar-refractivity contribution in [2.75, 3.05) is 5.32 Å². The van der Waals surface area contributed by atoms with E-state index in [9.17, 15) is 29.4 Å². The van der Waals surface area contributed by atoms with Gasteiger partial charge in [0.05, 0.1) is 5.92 Å². The minimum atomic E-state index is -1.95. The van der Waals surface area contributed by atoms with Gasteiger partial charge >= 0.3 is 24.1 Å². The summed E-state index contributed by atoms with van der Waals surface area (Å²) in [6.07, 6.45) is -0.430. The topological polar surface area (TPSA) is 154 Å². The average molecular weight is 510 g/mol. The van der Waals surface area contributed by atoms with Gasteiger partial charge in [0.2, 0.25) is 0 Å². The average Bonchev–Trinajstić information content (AvgIpc) is 3.44. The van der Waals surface area contributed by atoms with Crippen molar-refractivity contribution < 1.29 is 34.1 Å². The third-order valence-corrected chi connectivity index (χ3v) is 7.56.